The number of aromatic nitrogens is 1. The quantitative estimate of drug-likeness (QED) is 0.684. The molecule has 126 valence electrons. The van der Waals surface area contributed by atoms with E-state index in [9.17, 15) is 0 Å². The second-order valence-electron chi connectivity index (χ2n) is 6.43. The van der Waals surface area contributed by atoms with Crippen LogP contribution in [0.3, 0.4) is 0 Å². The van der Waals surface area contributed by atoms with Crippen LogP contribution in [0.2, 0.25) is 0 Å². The van der Waals surface area contributed by atoms with E-state index in [1.807, 2.05) is 0 Å². The summed E-state index contributed by atoms with van der Waals surface area (Å²) in [7, 11) is 0. The van der Waals surface area contributed by atoms with Crippen LogP contribution >= 0.6 is 12.2 Å². The fourth-order valence-corrected chi connectivity index (χ4v) is 3.73. The zero-order chi connectivity index (χ0) is 17.2. The summed E-state index contributed by atoms with van der Waals surface area (Å²) in [5, 5.41) is 4.18. The Morgan fingerprint density at radius 2 is 1.72 bits per heavy atom. The maximum absolute atomic E-state index is 5.77. The normalized spacial score (nSPS) is 16.4. The first kappa shape index (κ1) is 15.9. The summed E-state index contributed by atoms with van der Waals surface area (Å²) in [5.74, 6) is 0. The van der Waals surface area contributed by atoms with Crippen LogP contribution in [0, 0.1) is 6.92 Å². The Balaban J connectivity index is 1.65. The van der Waals surface area contributed by atoms with Crippen LogP contribution in [-0.4, -0.2) is 21.1 Å². The van der Waals surface area contributed by atoms with Gasteiger partial charge in [-0.15, -0.1) is 0 Å². The van der Waals surface area contributed by atoms with Gasteiger partial charge in [0.1, 0.15) is 0 Å². The summed E-state index contributed by atoms with van der Waals surface area (Å²) in [5.41, 5.74) is 4.82. The highest BCUT2D eigenvalue weighted by Gasteiger charge is 2.30. The molecule has 25 heavy (non-hydrogen) atoms. The van der Waals surface area contributed by atoms with Gasteiger partial charge < -0.3 is 14.8 Å². The van der Waals surface area contributed by atoms with E-state index in [4.69, 9.17) is 12.2 Å². The van der Waals surface area contributed by atoms with Gasteiger partial charge in [0.25, 0.3) is 0 Å². The number of fused-ring (bicyclic) bond motifs is 1. The van der Waals surface area contributed by atoms with Gasteiger partial charge in [-0.2, -0.15) is 0 Å². The van der Waals surface area contributed by atoms with Gasteiger partial charge >= 0.3 is 0 Å². The smallest absolute Gasteiger partial charge is 0.174 e. The first-order chi connectivity index (χ1) is 12.2. The molecule has 1 aromatic heterocycles. The molecular formula is C21H21N3S. The van der Waals surface area contributed by atoms with Crippen molar-refractivity contribution in [3.8, 4) is 0 Å². The highest BCUT2D eigenvalue weighted by molar-refractivity contribution is 7.80. The van der Waals surface area contributed by atoms with Gasteiger partial charge in [0.2, 0.25) is 0 Å². The van der Waals surface area contributed by atoms with Crippen LogP contribution in [0.25, 0.3) is 0 Å². The van der Waals surface area contributed by atoms with Gasteiger partial charge in [0, 0.05) is 30.7 Å². The summed E-state index contributed by atoms with van der Waals surface area (Å²) >= 11 is 5.77. The topological polar surface area (TPSA) is 20.2 Å². The molecule has 3 nitrogen and oxygen atoms in total. The van der Waals surface area contributed by atoms with Crippen LogP contribution in [0.4, 0.5) is 5.69 Å². The molecule has 1 aliphatic rings. The number of rotatable bonds is 2. The van der Waals surface area contributed by atoms with Crippen molar-refractivity contribution in [2.75, 3.05) is 11.9 Å². The van der Waals surface area contributed by atoms with Crippen molar-refractivity contribution in [3.63, 3.8) is 0 Å². The second-order valence-corrected chi connectivity index (χ2v) is 6.82. The van der Waals surface area contributed by atoms with E-state index in [0.29, 0.717) is 0 Å². The molecule has 0 unspecified atom stereocenters. The zero-order valence-electron chi connectivity index (χ0n) is 14.2. The molecule has 0 saturated carbocycles. The zero-order valence-corrected chi connectivity index (χ0v) is 15.0. The van der Waals surface area contributed by atoms with Crippen molar-refractivity contribution in [3.05, 3.63) is 89.7 Å². The van der Waals surface area contributed by atoms with E-state index in [1.165, 1.54) is 16.8 Å². The van der Waals surface area contributed by atoms with Crippen LogP contribution < -0.4 is 5.32 Å². The summed E-state index contributed by atoms with van der Waals surface area (Å²) < 4.78 is 2.32. The minimum Gasteiger partial charge on any atom is -0.348 e. The van der Waals surface area contributed by atoms with Crippen molar-refractivity contribution in [1.82, 2.24) is 9.47 Å². The minimum atomic E-state index is 0.135. The Kier molecular flexibility index (Phi) is 4.28. The minimum absolute atomic E-state index is 0.135. The molecule has 0 bridgehead atoms. The highest BCUT2D eigenvalue weighted by atomic mass is 32.1. The molecule has 0 aliphatic carbocycles. The Bertz CT molecular complexity index is 868. The number of nitrogens with one attached hydrogen (secondary N) is 1. The third-order valence-corrected chi connectivity index (χ3v) is 5.05. The molecule has 4 heteroatoms. The van der Waals surface area contributed by atoms with Gasteiger partial charge in [0.05, 0.1) is 6.04 Å². The standard InChI is InChI=1S/C21H21N3S/c1-16-9-11-18(12-10-16)22-21(25)24-15-14-23-13-5-8-19(23)20(24)17-6-3-2-4-7-17/h2-13,20H,14-15H2,1H3,(H,22,25)/t20-/m1/s1. The molecule has 1 atom stereocenters. The first-order valence-corrected chi connectivity index (χ1v) is 8.97. The summed E-state index contributed by atoms with van der Waals surface area (Å²) in [4.78, 5) is 2.29. The molecule has 0 fully saturated rings. The molecule has 0 amide bonds. The Hall–Kier alpha value is -2.59. The number of aryl methyl sites for hydroxylation is 1. The number of benzene rings is 2. The average Bonchev–Trinajstić information content (AvgIpc) is 3.12. The SMILES string of the molecule is Cc1ccc(NC(=S)N2CCn3cccc3[C@H]2c2ccccc2)cc1. The lowest BCUT2D eigenvalue weighted by Crippen LogP contribution is -2.44. The Morgan fingerprint density at radius 1 is 0.960 bits per heavy atom. The van der Waals surface area contributed by atoms with E-state index < -0.39 is 0 Å². The average molecular weight is 347 g/mol. The predicted octanol–water partition coefficient (Wildman–Crippen LogP) is 4.60. The van der Waals surface area contributed by atoms with E-state index in [1.54, 1.807) is 0 Å². The first-order valence-electron chi connectivity index (χ1n) is 8.56. The fourth-order valence-electron chi connectivity index (χ4n) is 3.42. The van der Waals surface area contributed by atoms with Gasteiger partial charge in [-0.3, -0.25) is 0 Å². The third kappa shape index (κ3) is 3.17. The number of thiocarbonyl (C=S) groups is 1. The molecule has 1 N–H and O–H groups in total. The molecule has 2 aromatic carbocycles. The fraction of sp³-hybridized carbons (Fsp3) is 0.190. The molecule has 0 saturated heterocycles. The number of hydrogen-bond donors (Lipinski definition) is 1. The van der Waals surface area contributed by atoms with Crippen LogP contribution in [0.1, 0.15) is 22.9 Å². The maximum atomic E-state index is 5.77. The molecule has 2 heterocycles. The van der Waals surface area contributed by atoms with Crippen LogP contribution in [0.15, 0.2) is 72.9 Å². The van der Waals surface area contributed by atoms with Crippen LogP contribution in [-0.2, 0) is 6.54 Å². The lowest BCUT2D eigenvalue weighted by atomic mass is 10.0. The van der Waals surface area contributed by atoms with Crippen molar-refractivity contribution >= 4 is 23.0 Å². The van der Waals surface area contributed by atoms with E-state index in [0.717, 1.165) is 23.9 Å². The predicted molar refractivity (Wildman–Crippen MR) is 107 cm³/mol. The molecule has 0 spiro atoms. The van der Waals surface area contributed by atoms with Gasteiger partial charge in [-0.25, -0.2) is 0 Å². The maximum Gasteiger partial charge on any atom is 0.174 e. The Morgan fingerprint density at radius 3 is 2.48 bits per heavy atom. The summed E-state index contributed by atoms with van der Waals surface area (Å²) in [6.45, 7) is 3.92. The Labute approximate surface area is 153 Å². The molecule has 3 aromatic rings. The van der Waals surface area contributed by atoms with Crippen molar-refractivity contribution < 1.29 is 0 Å². The third-order valence-electron chi connectivity index (χ3n) is 4.72. The lowest BCUT2D eigenvalue weighted by molar-refractivity contribution is 0.293. The molecule has 0 radical (unpaired) electrons. The van der Waals surface area contributed by atoms with E-state index in [2.05, 4.69) is 94.6 Å². The highest BCUT2D eigenvalue weighted by Crippen LogP contribution is 2.32. The summed E-state index contributed by atoms with van der Waals surface area (Å²) in [6, 6.07) is 23.4. The van der Waals surface area contributed by atoms with E-state index >= 15 is 0 Å². The lowest BCUT2D eigenvalue weighted by Gasteiger charge is -2.39. The number of hydrogen-bond acceptors (Lipinski definition) is 1. The number of nitrogens with zero attached hydrogens (tertiary/aromatic N) is 2. The van der Waals surface area contributed by atoms with Crippen molar-refractivity contribution in [1.29, 1.82) is 0 Å². The van der Waals surface area contributed by atoms with Crippen LogP contribution in [0.5, 0.6) is 0 Å². The largest absolute Gasteiger partial charge is 0.348 e. The molecular weight excluding hydrogens is 326 g/mol. The number of anilines is 1. The monoisotopic (exact) mass is 347 g/mol. The summed E-state index contributed by atoms with van der Waals surface area (Å²) in [6.07, 6.45) is 2.15. The van der Waals surface area contributed by atoms with Gasteiger partial charge in [0.15, 0.2) is 5.11 Å². The van der Waals surface area contributed by atoms with E-state index in [-0.39, 0.29) is 6.04 Å². The second kappa shape index (κ2) is 6.73. The van der Waals surface area contributed by atoms with Crippen molar-refractivity contribution in [2.45, 2.75) is 19.5 Å². The van der Waals surface area contributed by atoms with Gasteiger partial charge in [-0.1, -0.05) is 48.0 Å². The van der Waals surface area contributed by atoms with Gasteiger partial charge in [-0.05, 0) is 49.0 Å². The molecule has 1 aliphatic heterocycles. The van der Waals surface area contributed by atoms with Crippen molar-refractivity contribution in [2.24, 2.45) is 0 Å². The molecule has 4 rings (SSSR count).